The first-order chi connectivity index (χ1) is 4.29. The van der Waals surface area contributed by atoms with Crippen LogP contribution in [0.4, 0.5) is 0 Å². The second-order valence-electron chi connectivity index (χ2n) is 1.80. The van der Waals surface area contributed by atoms with Gasteiger partial charge in [-0.25, -0.2) is 5.53 Å². The van der Waals surface area contributed by atoms with Gasteiger partial charge in [-0.2, -0.15) is 0 Å². The Labute approximate surface area is 52.4 Å². The molecule has 1 aliphatic heterocycles. The van der Waals surface area contributed by atoms with E-state index in [0.29, 0.717) is 12.3 Å². The number of Topliss-reactive ketones (excluding diaryl/α,β-unsaturated/α-hetero) is 1. The fourth-order valence-corrected chi connectivity index (χ4v) is 0.543. The first kappa shape index (κ1) is 6.03. The van der Waals surface area contributed by atoms with Crippen LogP contribution < -0.4 is 16.5 Å². The molecule has 9 heavy (non-hydrogen) atoms. The zero-order chi connectivity index (χ0) is 6.69. The van der Waals surface area contributed by atoms with Crippen molar-refractivity contribution < 1.29 is 4.79 Å². The number of ketones is 1. The molecular weight excluding hydrogens is 120 g/mol. The molecule has 5 heteroatoms. The zero-order valence-corrected chi connectivity index (χ0v) is 5.06. The van der Waals surface area contributed by atoms with E-state index in [1.165, 1.54) is 6.92 Å². The van der Waals surface area contributed by atoms with E-state index in [1.807, 2.05) is 0 Å². The molecule has 1 rings (SSSR count). The summed E-state index contributed by atoms with van der Waals surface area (Å²) >= 11 is 0. The van der Waals surface area contributed by atoms with Crippen molar-refractivity contribution in [3.05, 3.63) is 0 Å². The summed E-state index contributed by atoms with van der Waals surface area (Å²) in [6, 6.07) is 0. The van der Waals surface area contributed by atoms with Crippen LogP contribution in [0.15, 0.2) is 5.10 Å². The Balaban J connectivity index is 2.35. The summed E-state index contributed by atoms with van der Waals surface area (Å²) in [4.78, 5) is 10.4. The number of hydrazine groups is 2. The van der Waals surface area contributed by atoms with Crippen LogP contribution in [0, 0.1) is 0 Å². The predicted molar refractivity (Wildman–Crippen MR) is 32.1 cm³/mol. The molecule has 1 aliphatic rings. The van der Waals surface area contributed by atoms with E-state index in [2.05, 4.69) is 21.6 Å². The molecule has 0 radical (unpaired) electrons. The van der Waals surface area contributed by atoms with Gasteiger partial charge in [0.25, 0.3) is 0 Å². The molecule has 0 saturated carbocycles. The molecule has 0 atom stereocenters. The maximum atomic E-state index is 10.4. The fraction of sp³-hybridized carbons (Fsp3) is 0.500. The average molecular weight is 128 g/mol. The van der Waals surface area contributed by atoms with Crippen molar-refractivity contribution in [1.29, 1.82) is 0 Å². The quantitative estimate of drug-likeness (QED) is 0.441. The summed E-state index contributed by atoms with van der Waals surface area (Å²) < 4.78 is 0. The second-order valence-corrected chi connectivity index (χ2v) is 1.80. The van der Waals surface area contributed by atoms with Gasteiger partial charge in [0.15, 0.2) is 0 Å². The maximum Gasteiger partial charge on any atom is 0.146 e. The van der Waals surface area contributed by atoms with E-state index < -0.39 is 0 Å². The van der Waals surface area contributed by atoms with Gasteiger partial charge in [0, 0.05) is 0 Å². The normalized spacial score (nSPS) is 15.9. The van der Waals surface area contributed by atoms with Crippen LogP contribution >= 0.6 is 0 Å². The number of carbonyl (C=O) groups excluding carboxylic acids is 1. The number of rotatable bonds is 2. The Kier molecular flexibility index (Phi) is 1.64. The van der Waals surface area contributed by atoms with Gasteiger partial charge in [-0.1, -0.05) is 0 Å². The Morgan fingerprint density at radius 1 is 1.78 bits per heavy atom. The van der Waals surface area contributed by atoms with Crippen molar-refractivity contribution in [2.24, 2.45) is 5.10 Å². The minimum Gasteiger partial charge on any atom is -0.300 e. The molecule has 3 N–H and O–H groups in total. The Hall–Kier alpha value is -1.10. The van der Waals surface area contributed by atoms with E-state index in [-0.39, 0.29) is 5.78 Å². The van der Waals surface area contributed by atoms with Crippen LogP contribution in [-0.2, 0) is 4.79 Å². The molecular formula is C4H8N4O. The molecule has 0 fully saturated rings. The lowest BCUT2D eigenvalue weighted by atomic mass is 10.3. The van der Waals surface area contributed by atoms with Gasteiger partial charge >= 0.3 is 0 Å². The molecule has 0 aromatic heterocycles. The highest BCUT2D eigenvalue weighted by Crippen LogP contribution is 1.84. The first-order valence-electron chi connectivity index (χ1n) is 2.61. The fourth-order valence-electron chi connectivity index (χ4n) is 0.543. The second kappa shape index (κ2) is 2.45. The average Bonchev–Trinajstić information content (AvgIpc) is 2.15. The topological polar surface area (TPSA) is 65.5 Å². The first-order valence-corrected chi connectivity index (χ1v) is 2.61. The monoisotopic (exact) mass is 128 g/mol. The molecule has 1 heterocycles. The largest absolute Gasteiger partial charge is 0.300 e. The van der Waals surface area contributed by atoms with Gasteiger partial charge < -0.3 is 0 Å². The van der Waals surface area contributed by atoms with Crippen molar-refractivity contribution in [3.8, 4) is 0 Å². The number of amidine groups is 1. The van der Waals surface area contributed by atoms with Gasteiger partial charge in [-0.3, -0.25) is 10.2 Å². The minimum absolute atomic E-state index is 0.0896. The number of nitrogens with zero attached hydrogens (tertiary/aromatic N) is 1. The zero-order valence-electron chi connectivity index (χ0n) is 5.06. The summed E-state index contributed by atoms with van der Waals surface area (Å²) in [6.45, 7) is 1.52. The smallest absolute Gasteiger partial charge is 0.146 e. The van der Waals surface area contributed by atoms with Gasteiger partial charge in [0.05, 0.1) is 6.42 Å². The summed E-state index contributed by atoms with van der Waals surface area (Å²) in [6.07, 6.45) is 0.347. The van der Waals surface area contributed by atoms with Crippen molar-refractivity contribution in [2.75, 3.05) is 0 Å². The Bertz CT molecular complexity index is 153. The molecule has 50 valence electrons. The third-order valence-electron chi connectivity index (χ3n) is 0.870. The van der Waals surface area contributed by atoms with E-state index >= 15 is 0 Å². The summed E-state index contributed by atoms with van der Waals surface area (Å²) in [5.74, 6) is 0.717. The Morgan fingerprint density at radius 3 is 3.00 bits per heavy atom. The molecule has 0 aliphatic carbocycles. The van der Waals surface area contributed by atoms with Gasteiger partial charge in [-0.05, 0) is 6.92 Å². The predicted octanol–water partition coefficient (Wildman–Crippen LogP) is -1.11. The van der Waals surface area contributed by atoms with Crippen molar-refractivity contribution in [2.45, 2.75) is 13.3 Å². The SMILES string of the molecule is CC(=O)CC1=NNNN1. The highest BCUT2D eigenvalue weighted by atomic mass is 16.1. The summed E-state index contributed by atoms with van der Waals surface area (Å²) in [5.41, 5.74) is 7.63. The third kappa shape index (κ3) is 1.69. The van der Waals surface area contributed by atoms with Gasteiger partial charge in [-0.15, -0.1) is 10.6 Å². The Morgan fingerprint density at radius 2 is 2.56 bits per heavy atom. The molecule has 0 saturated heterocycles. The number of nitrogens with one attached hydrogen (secondary N) is 3. The van der Waals surface area contributed by atoms with Crippen molar-refractivity contribution in [3.63, 3.8) is 0 Å². The van der Waals surface area contributed by atoms with Crippen LogP contribution in [0.5, 0.6) is 0 Å². The number of hydrogen-bond donors (Lipinski definition) is 3. The molecule has 0 amide bonds. The van der Waals surface area contributed by atoms with Crippen LogP contribution in [0.3, 0.4) is 0 Å². The van der Waals surface area contributed by atoms with Crippen LogP contribution in [0.1, 0.15) is 13.3 Å². The van der Waals surface area contributed by atoms with Crippen LogP contribution in [0.2, 0.25) is 0 Å². The maximum absolute atomic E-state index is 10.4. The standard InChI is InChI=1S/C4H8N4O/c1-3(9)2-4-5-7-8-6-4/h7-8H,2H2,1H3,(H,5,6). The highest BCUT2D eigenvalue weighted by Gasteiger charge is 2.05. The van der Waals surface area contributed by atoms with Crippen molar-refractivity contribution in [1.82, 2.24) is 16.5 Å². The molecule has 0 aromatic rings. The molecule has 5 nitrogen and oxygen atoms in total. The molecule has 0 aromatic carbocycles. The van der Waals surface area contributed by atoms with E-state index in [9.17, 15) is 4.79 Å². The summed E-state index contributed by atoms with van der Waals surface area (Å²) in [7, 11) is 0. The van der Waals surface area contributed by atoms with E-state index in [0.717, 1.165) is 0 Å². The number of hydrogen-bond acceptors (Lipinski definition) is 5. The number of hydrazone groups is 1. The van der Waals surface area contributed by atoms with Gasteiger partial charge in [0.1, 0.15) is 11.6 Å². The molecule has 0 unspecified atom stereocenters. The van der Waals surface area contributed by atoms with E-state index in [4.69, 9.17) is 0 Å². The molecule has 0 bridgehead atoms. The minimum atomic E-state index is 0.0896. The van der Waals surface area contributed by atoms with Crippen LogP contribution in [-0.4, -0.2) is 11.6 Å². The highest BCUT2D eigenvalue weighted by molar-refractivity contribution is 5.99. The summed E-state index contributed by atoms with van der Waals surface area (Å²) in [5, 5.41) is 3.70. The third-order valence-corrected chi connectivity index (χ3v) is 0.870. The van der Waals surface area contributed by atoms with Crippen LogP contribution in [0.25, 0.3) is 0 Å². The van der Waals surface area contributed by atoms with E-state index in [1.54, 1.807) is 0 Å². The van der Waals surface area contributed by atoms with Gasteiger partial charge in [0.2, 0.25) is 0 Å². The molecule has 0 spiro atoms. The lowest BCUT2D eigenvalue weighted by Gasteiger charge is -1.93. The van der Waals surface area contributed by atoms with Crippen molar-refractivity contribution >= 4 is 11.6 Å². The number of carbonyl (C=O) groups is 1. The lowest BCUT2D eigenvalue weighted by molar-refractivity contribution is -0.115. The lowest BCUT2D eigenvalue weighted by Crippen LogP contribution is -2.35.